The second-order valence-corrected chi connectivity index (χ2v) is 10.8. The maximum Gasteiger partial charge on any atom is 0.317 e. The van der Waals surface area contributed by atoms with Crippen LogP contribution in [0.25, 0.3) is 0 Å². The van der Waals surface area contributed by atoms with Gasteiger partial charge in [-0.25, -0.2) is 4.79 Å². The van der Waals surface area contributed by atoms with Crippen molar-refractivity contribution >= 4 is 52.6 Å². The lowest BCUT2D eigenvalue weighted by Crippen LogP contribution is -2.52. The number of fused-ring (bicyclic) bond motifs is 1. The summed E-state index contributed by atoms with van der Waals surface area (Å²) in [7, 11) is 0. The van der Waals surface area contributed by atoms with Crippen LogP contribution in [0.3, 0.4) is 0 Å². The van der Waals surface area contributed by atoms with Crippen LogP contribution in [-0.2, 0) is 16.1 Å². The topological polar surface area (TPSA) is 111 Å². The van der Waals surface area contributed by atoms with E-state index in [9.17, 15) is 19.2 Å². The summed E-state index contributed by atoms with van der Waals surface area (Å²) in [6.07, 6.45) is 1.98. The highest BCUT2D eigenvalue weighted by molar-refractivity contribution is 6.43. The molecule has 2 N–H and O–H groups in total. The van der Waals surface area contributed by atoms with Gasteiger partial charge in [0.2, 0.25) is 11.8 Å². The number of piperazine rings is 1. The van der Waals surface area contributed by atoms with Crippen LogP contribution in [-0.4, -0.2) is 78.9 Å². The number of amides is 5. The van der Waals surface area contributed by atoms with Crippen LogP contribution in [0.4, 0.5) is 10.5 Å². The fourth-order valence-corrected chi connectivity index (χ4v) is 5.71. The summed E-state index contributed by atoms with van der Waals surface area (Å²) in [5.74, 6) is -0.363. The Morgan fingerprint density at radius 1 is 1.02 bits per heavy atom. The molecule has 5 amide bonds. The van der Waals surface area contributed by atoms with Crippen molar-refractivity contribution in [1.29, 1.82) is 0 Å². The van der Waals surface area contributed by atoms with E-state index in [2.05, 4.69) is 15.5 Å². The van der Waals surface area contributed by atoms with E-state index in [1.54, 1.807) is 23.1 Å². The average Bonchev–Trinajstić information content (AvgIpc) is 3.29. The molecule has 0 aliphatic carbocycles. The summed E-state index contributed by atoms with van der Waals surface area (Å²) in [5.41, 5.74) is 2.15. The molecular formula is C28H31Cl2N5O5. The van der Waals surface area contributed by atoms with Gasteiger partial charge in [-0.15, -0.1) is 0 Å². The maximum absolute atomic E-state index is 13.0. The van der Waals surface area contributed by atoms with Gasteiger partial charge < -0.3 is 24.8 Å². The number of nitrogens with one attached hydrogen (secondary N) is 2. The number of imide groups is 1. The number of urea groups is 1. The molecule has 0 saturated carbocycles. The lowest BCUT2D eigenvalue weighted by Gasteiger charge is -2.36. The molecule has 0 radical (unpaired) electrons. The van der Waals surface area contributed by atoms with Crippen LogP contribution in [0.2, 0.25) is 10.0 Å². The molecule has 1 unspecified atom stereocenters. The standard InChI is InChI=1S/C28H31Cl2N5O5/c29-20-6-4-7-21(25(20)30)33-12-14-34(15-13-33)28(39)31-11-1-2-16-40-23-8-3-5-18-19(23)17-35(27(18)38)22-9-10-24(36)32-26(22)37/h3-8,22H,1-2,9-17H2,(H,31,39)(H,32,36,37). The van der Waals surface area contributed by atoms with Gasteiger partial charge in [-0.05, 0) is 43.5 Å². The van der Waals surface area contributed by atoms with Gasteiger partial charge >= 0.3 is 6.03 Å². The van der Waals surface area contributed by atoms with Gasteiger partial charge in [-0.2, -0.15) is 0 Å². The number of piperidine rings is 1. The van der Waals surface area contributed by atoms with E-state index in [0.717, 1.165) is 24.1 Å². The number of rotatable bonds is 8. The molecule has 1 atom stereocenters. The normalized spacial score (nSPS) is 19.0. The minimum atomic E-state index is -0.660. The summed E-state index contributed by atoms with van der Waals surface area (Å²) in [6, 6.07) is 10.1. The Morgan fingerprint density at radius 3 is 2.58 bits per heavy atom. The van der Waals surface area contributed by atoms with Gasteiger partial charge in [0.05, 0.1) is 28.9 Å². The van der Waals surface area contributed by atoms with E-state index < -0.39 is 11.9 Å². The minimum absolute atomic E-state index is 0.0920. The zero-order chi connectivity index (χ0) is 28.2. The molecule has 3 aliphatic heterocycles. The first kappa shape index (κ1) is 28.0. The van der Waals surface area contributed by atoms with E-state index in [1.807, 2.05) is 18.2 Å². The number of anilines is 1. The molecule has 2 aromatic carbocycles. The Labute approximate surface area is 242 Å². The van der Waals surface area contributed by atoms with Crippen molar-refractivity contribution in [3.63, 3.8) is 0 Å². The van der Waals surface area contributed by atoms with Crippen molar-refractivity contribution in [2.45, 2.75) is 38.3 Å². The van der Waals surface area contributed by atoms with Crippen LogP contribution < -0.4 is 20.3 Å². The molecule has 0 bridgehead atoms. The van der Waals surface area contributed by atoms with Crippen molar-refractivity contribution in [3.8, 4) is 5.75 Å². The summed E-state index contributed by atoms with van der Waals surface area (Å²) in [6.45, 7) is 3.74. The first-order chi connectivity index (χ1) is 19.3. The Bertz CT molecular complexity index is 1310. The fourth-order valence-electron chi connectivity index (χ4n) is 5.30. The number of hydrogen-bond donors (Lipinski definition) is 2. The lowest BCUT2D eigenvalue weighted by atomic mass is 10.0. The van der Waals surface area contributed by atoms with Gasteiger partial charge in [0.25, 0.3) is 5.91 Å². The number of ether oxygens (including phenoxy) is 1. The predicted molar refractivity (Wildman–Crippen MR) is 151 cm³/mol. The summed E-state index contributed by atoms with van der Waals surface area (Å²) >= 11 is 12.5. The summed E-state index contributed by atoms with van der Waals surface area (Å²) < 4.78 is 5.99. The Morgan fingerprint density at radius 2 is 1.80 bits per heavy atom. The minimum Gasteiger partial charge on any atom is -0.493 e. The van der Waals surface area contributed by atoms with Gasteiger partial charge in [-0.1, -0.05) is 35.3 Å². The molecule has 40 heavy (non-hydrogen) atoms. The first-order valence-corrected chi connectivity index (χ1v) is 14.2. The quantitative estimate of drug-likeness (QED) is 0.361. The van der Waals surface area contributed by atoms with Crippen LogP contribution >= 0.6 is 23.2 Å². The Hall–Kier alpha value is -3.50. The molecule has 2 fully saturated rings. The molecular weight excluding hydrogens is 557 g/mol. The molecule has 2 saturated heterocycles. The summed E-state index contributed by atoms with van der Waals surface area (Å²) in [5, 5.41) is 6.34. The highest BCUT2D eigenvalue weighted by atomic mass is 35.5. The highest BCUT2D eigenvalue weighted by Gasteiger charge is 2.40. The van der Waals surface area contributed by atoms with Gasteiger partial charge in [0.15, 0.2) is 0 Å². The largest absolute Gasteiger partial charge is 0.493 e. The molecule has 0 aromatic heterocycles. The predicted octanol–water partition coefficient (Wildman–Crippen LogP) is 3.45. The number of hydrogen-bond acceptors (Lipinski definition) is 6. The Kier molecular flexibility index (Phi) is 8.66. The third-order valence-corrected chi connectivity index (χ3v) is 8.29. The second kappa shape index (κ2) is 12.3. The fraction of sp³-hybridized carbons (Fsp3) is 0.429. The molecule has 5 rings (SSSR count). The number of benzene rings is 2. The van der Waals surface area contributed by atoms with Crippen LogP contribution in [0.1, 0.15) is 41.6 Å². The average molecular weight is 588 g/mol. The van der Waals surface area contributed by atoms with Gasteiger partial charge in [0.1, 0.15) is 11.8 Å². The molecule has 2 aromatic rings. The third kappa shape index (κ3) is 5.97. The number of unbranched alkanes of at least 4 members (excludes halogenated alkanes) is 1. The van der Waals surface area contributed by atoms with Crippen molar-refractivity contribution in [3.05, 3.63) is 57.6 Å². The molecule has 212 valence electrons. The highest BCUT2D eigenvalue weighted by Crippen LogP contribution is 2.34. The molecule has 10 nitrogen and oxygen atoms in total. The van der Waals surface area contributed by atoms with Crippen molar-refractivity contribution < 1.29 is 23.9 Å². The second-order valence-electron chi connectivity index (χ2n) is 10.0. The number of nitrogens with zero attached hydrogens (tertiary/aromatic N) is 3. The lowest BCUT2D eigenvalue weighted by molar-refractivity contribution is -0.136. The zero-order valence-electron chi connectivity index (χ0n) is 22.0. The van der Waals surface area contributed by atoms with Crippen LogP contribution in [0.5, 0.6) is 5.75 Å². The van der Waals surface area contributed by atoms with E-state index >= 15 is 0 Å². The van der Waals surface area contributed by atoms with E-state index in [4.69, 9.17) is 27.9 Å². The first-order valence-electron chi connectivity index (χ1n) is 13.4. The summed E-state index contributed by atoms with van der Waals surface area (Å²) in [4.78, 5) is 54.8. The monoisotopic (exact) mass is 587 g/mol. The van der Waals surface area contributed by atoms with Gasteiger partial charge in [-0.3, -0.25) is 19.7 Å². The molecule has 0 spiro atoms. The van der Waals surface area contributed by atoms with Crippen molar-refractivity contribution in [1.82, 2.24) is 20.4 Å². The third-order valence-electron chi connectivity index (χ3n) is 7.48. The van der Waals surface area contributed by atoms with E-state index in [0.29, 0.717) is 67.1 Å². The number of carbonyl (C=O) groups is 4. The smallest absolute Gasteiger partial charge is 0.317 e. The Balaban J connectivity index is 1.03. The van der Waals surface area contributed by atoms with Gasteiger partial charge in [0, 0.05) is 50.3 Å². The van der Waals surface area contributed by atoms with Crippen LogP contribution in [0.15, 0.2) is 36.4 Å². The number of carbonyl (C=O) groups excluding carboxylic acids is 4. The van der Waals surface area contributed by atoms with Crippen LogP contribution in [0, 0.1) is 0 Å². The molecule has 3 heterocycles. The zero-order valence-corrected chi connectivity index (χ0v) is 23.5. The van der Waals surface area contributed by atoms with E-state index in [1.165, 1.54) is 4.90 Å². The maximum atomic E-state index is 13.0. The van der Waals surface area contributed by atoms with E-state index in [-0.39, 0.29) is 30.8 Å². The number of halogens is 2. The SMILES string of the molecule is O=C1CCC(N2Cc3c(OCCCCNC(=O)N4CCN(c5cccc(Cl)c5Cl)CC4)cccc3C2=O)C(=O)N1. The molecule has 12 heteroatoms. The molecule has 3 aliphatic rings. The van der Waals surface area contributed by atoms with Crippen molar-refractivity contribution in [2.75, 3.05) is 44.2 Å². The van der Waals surface area contributed by atoms with Crippen molar-refractivity contribution in [2.24, 2.45) is 0 Å².